The van der Waals surface area contributed by atoms with Crippen molar-refractivity contribution >= 4 is 6.16 Å². The molecule has 0 saturated carbocycles. The summed E-state index contributed by atoms with van der Waals surface area (Å²) in [5.41, 5.74) is 2.65. The van der Waals surface area contributed by atoms with Gasteiger partial charge in [0.05, 0.1) is 6.54 Å². The molecule has 0 amide bonds. The van der Waals surface area contributed by atoms with Crippen molar-refractivity contribution in [3.8, 4) is 0 Å². The van der Waals surface area contributed by atoms with Crippen molar-refractivity contribution in [2.45, 2.75) is 52.4 Å². The highest BCUT2D eigenvalue weighted by Crippen LogP contribution is 2.01. The smallest absolute Gasteiger partial charge is 0.503 e. The Labute approximate surface area is 108 Å². The molecule has 0 aliphatic carbocycles. The van der Waals surface area contributed by atoms with E-state index in [1.54, 1.807) is 0 Å². The standard InChI is InChI=1S/C10H23N3O.CH2O3/c1-3-5-6-7-8-10-12-13(14)11-9-4-2;2-1(3)4/h3-10H2,1-2H3,(H,11,12);(H2,2,3,4). The largest absolute Gasteiger partial charge is 0.572 e. The summed E-state index contributed by atoms with van der Waals surface area (Å²) < 4.78 is 0. The first-order chi connectivity index (χ1) is 8.54. The van der Waals surface area contributed by atoms with Gasteiger partial charge in [-0.2, -0.15) is 5.43 Å². The normalized spacial score (nSPS) is 10.4. The van der Waals surface area contributed by atoms with Gasteiger partial charge in [-0.3, -0.25) is 0 Å². The topological polar surface area (TPSA) is 108 Å². The molecule has 0 aliphatic heterocycles. The average Bonchev–Trinajstić information content (AvgIpc) is 2.30. The third kappa shape index (κ3) is 24.0. The Balaban J connectivity index is 0. The van der Waals surface area contributed by atoms with Gasteiger partial charge in [0, 0.05) is 4.97 Å². The maximum Gasteiger partial charge on any atom is 0.503 e. The predicted octanol–water partition coefficient (Wildman–Crippen LogP) is 3.06. The monoisotopic (exact) mass is 263 g/mol. The summed E-state index contributed by atoms with van der Waals surface area (Å²) in [5, 5.41) is 28.7. The second-order valence-electron chi connectivity index (χ2n) is 3.74. The second-order valence-corrected chi connectivity index (χ2v) is 3.74. The van der Waals surface area contributed by atoms with E-state index in [1.165, 1.54) is 25.7 Å². The number of nitrogens with one attached hydrogen (secondary N) is 1. The van der Waals surface area contributed by atoms with Crippen LogP contribution in [-0.2, 0) is 0 Å². The first kappa shape index (κ1) is 18.8. The van der Waals surface area contributed by atoms with Gasteiger partial charge in [-0.1, -0.05) is 39.5 Å². The van der Waals surface area contributed by atoms with Crippen LogP contribution in [0.1, 0.15) is 52.4 Å². The summed E-state index contributed by atoms with van der Waals surface area (Å²) >= 11 is 0. The highest BCUT2D eigenvalue weighted by atomic mass is 16.6. The number of carboxylic acid groups (broad SMARTS) is 2. The number of rotatable bonds is 9. The van der Waals surface area contributed by atoms with Gasteiger partial charge in [0.1, 0.15) is 6.54 Å². The van der Waals surface area contributed by atoms with E-state index < -0.39 is 6.16 Å². The minimum atomic E-state index is -1.83. The Hall–Kier alpha value is -1.53. The van der Waals surface area contributed by atoms with Crippen LogP contribution in [-0.4, -0.2) is 34.4 Å². The van der Waals surface area contributed by atoms with Crippen LogP contribution in [0.25, 0.3) is 0 Å². The molecule has 0 aliphatic rings. The van der Waals surface area contributed by atoms with Gasteiger partial charge in [0.25, 0.3) is 0 Å². The number of hydrogen-bond donors (Lipinski definition) is 3. The van der Waals surface area contributed by atoms with E-state index in [-0.39, 0.29) is 0 Å². The molecule has 18 heavy (non-hydrogen) atoms. The van der Waals surface area contributed by atoms with Crippen molar-refractivity contribution < 1.29 is 20.0 Å². The molecule has 108 valence electrons. The first-order valence-corrected chi connectivity index (χ1v) is 6.34. The highest BCUT2D eigenvalue weighted by molar-refractivity contribution is 5.53. The molecular weight excluding hydrogens is 238 g/mol. The average molecular weight is 263 g/mol. The van der Waals surface area contributed by atoms with Gasteiger partial charge in [0.2, 0.25) is 0 Å². The molecule has 0 atom stereocenters. The van der Waals surface area contributed by atoms with E-state index in [9.17, 15) is 5.21 Å². The van der Waals surface area contributed by atoms with Crippen molar-refractivity contribution in [2.24, 2.45) is 5.11 Å². The van der Waals surface area contributed by atoms with Crippen molar-refractivity contribution in [3.05, 3.63) is 5.21 Å². The minimum absolute atomic E-state index is 0.601. The van der Waals surface area contributed by atoms with E-state index >= 15 is 0 Å². The second kappa shape index (κ2) is 15.5. The number of unbranched alkanes of at least 4 members (excludes halogenated alkanes) is 4. The van der Waals surface area contributed by atoms with Crippen molar-refractivity contribution in [2.75, 3.05) is 13.1 Å². The molecule has 0 radical (unpaired) electrons. The first-order valence-electron chi connectivity index (χ1n) is 6.34. The van der Waals surface area contributed by atoms with Crippen LogP contribution < -0.4 is 5.43 Å². The van der Waals surface area contributed by atoms with E-state index in [2.05, 4.69) is 17.5 Å². The fourth-order valence-electron chi connectivity index (χ4n) is 1.13. The highest BCUT2D eigenvalue weighted by Gasteiger charge is 1.93. The van der Waals surface area contributed by atoms with Crippen LogP contribution in [0.3, 0.4) is 0 Å². The molecule has 0 heterocycles. The Morgan fingerprint density at radius 1 is 1.17 bits per heavy atom. The molecule has 0 spiro atoms. The number of nitrogens with zero attached hydrogens (tertiary/aromatic N) is 2. The molecule has 0 aromatic rings. The number of carbonyl (C=O) groups is 1. The van der Waals surface area contributed by atoms with E-state index in [0.29, 0.717) is 18.1 Å². The van der Waals surface area contributed by atoms with Crippen LogP contribution in [0.5, 0.6) is 0 Å². The van der Waals surface area contributed by atoms with Crippen LogP contribution >= 0.6 is 0 Å². The van der Waals surface area contributed by atoms with Gasteiger partial charge in [-0.25, -0.2) is 4.79 Å². The van der Waals surface area contributed by atoms with Crippen molar-refractivity contribution in [1.29, 1.82) is 0 Å². The minimum Gasteiger partial charge on any atom is -0.572 e. The fourth-order valence-corrected chi connectivity index (χ4v) is 1.13. The molecule has 7 nitrogen and oxygen atoms in total. The van der Waals surface area contributed by atoms with Gasteiger partial charge in [-0.15, -0.1) is 0 Å². The molecule has 0 aromatic carbocycles. The molecule has 0 bridgehead atoms. The van der Waals surface area contributed by atoms with Crippen molar-refractivity contribution in [1.82, 2.24) is 5.43 Å². The summed E-state index contributed by atoms with van der Waals surface area (Å²) in [6, 6.07) is 0. The predicted molar refractivity (Wildman–Crippen MR) is 68.6 cm³/mol. The Kier molecular flexibility index (Phi) is 16.2. The molecule has 0 saturated heterocycles. The van der Waals surface area contributed by atoms with E-state index in [4.69, 9.17) is 15.0 Å². The maximum absolute atomic E-state index is 10.9. The third-order valence-electron chi connectivity index (χ3n) is 1.99. The van der Waals surface area contributed by atoms with Crippen LogP contribution in [0.4, 0.5) is 4.79 Å². The van der Waals surface area contributed by atoms with E-state index in [1.807, 2.05) is 6.92 Å². The number of hydrogen-bond acceptors (Lipinski definition) is 3. The number of hydrazine groups is 1. The fraction of sp³-hybridized carbons (Fsp3) is 0.909. The lowest BCUT2D eigenvalue weighted by molar-refractivity contribution is -0.590. The lowest BCUT2D eigenvalue weighted by Crippen LogP contribution is -2.23. The van der Waals surface area contributed by atoms with Crippen LogP contribution in [0.2, 0.25) is 0 Å². The van der Waals surface area contributed by atoms with Gasteiger partial charge in [-0.05, 0) is 18.0 Å². The molecule has 0 aromatic heterocycles. The Morgan fingerprint density at radius 3 is 2.22 bits per heavy atom. The van der Waals surface area contributed by atoms with Crippen LogP contribution in [0, 0.1) is 5.21 Å². The van der Waals surface area contributed by atoms with Crippen LogP contribution in [0.15, 0.2) is 5.11 Å². The SMILES string of the molecule is CCCCCCC/N=[N+](\[O-])NCCC.O=C(O)O. The summed E-state index contributed by atoms with van der Waals surface area (Å²) in [5.74, 6) is 0. The van der Waals surface area contributed by atoms with Gasteiger partial charge >= 0.3 is 6.16 Å². The van der Waals surface area contributed by atoms with Gasteiger partial charge < -0.3 is 15.4 Å². The van der Waals surface area contributed by atoms with Crippen molar-refractivity contribution in [3.63, 3.8) is 0 Å². The molecule has 7 heteroatoms. The molecular formula is C11H25N3O4. The molecule has 3 N–H and O–H groups in total. The zero-order valence-corrected chi connectivity index (χ0v) is 11.3. The summed E-state index contributed by atoms with van der Waals surface area (Å²) in [7, 11) is 0. The lowest BCUT2D eigenvalue weighted by atomic mass is 10.2. The third-order valence-corrected chi connectivity index (χ3v) is 1.99. The maximum atomic E-state index is 10.9. The zero-order valence-electron chi connectivity index (χ0n) is 11.3. The molecule has 0 rings (SSSR count). The Bertz CT molecular complexity index is 218. The zero-order chi connectivity index (χ0) is 14.2. The van der Waals surface area contributed by atoms with Gasteiger partial charge in [0.15, 0.2) is 0 Å². The lowest BCUT2D eigenvalue weighted by Gasteiger charge is -2.00. The molecule has 0 unspecified atom stereocenters. The summed E-state index contributed by atoms with van der Waals surface area (Å²) in [6.07, 6.45) is 5.11. The quantitative estimate of drug-likeness (QED) is 0.256. The summed E-state index contributed by atoms with van der Waals surface area (Å²) in [6.45, 7) is 5.55. The summed E-state index contributed by atoms with van der Waals surface area (Å²) in [4.78, 5) is 9.16. The Morgan fingerprint density at radius 2 is 1.72 bits per heavy atom. The molecule has 0 fully saturated rings. The van der Waals surface area contributed by atoms with E-state index in [0.717, 1.165) is 12.8 Å².